The fourth-order valence-corrected chi connectivity index (χ4v) is 1.47. The number of nitrogens with zero attached hydrogens (tertiary/aromatic N) is 2. The van der Waals surface area contributed by atoms with E-state index in [1.54, 1.807) is 18.5 Å². The lowest BCUT2D eigenvalue weighted by atomic mass is 10.3. The molecule has 5 heteroatoms. The summed E-state index contributed by atoms with van der Waals surface area (Å²) in [6.07, 6.45) is 7.23. The van der Waals surface area contributed by atoms with Crippen LogP contribution < -0.4 is 5.32 Å². The topological polar surface area (TPSA) is 60.1 Å². The summed E-state index contributed by atoms with van der Waals surface area (Å²) in [5, 5.41) is 2.68. The number of hydrogen-bond acceptors (Lipinski definition) is 3. The van der Waals surface area contributed by atoms with Gasteiger partial charge in [0, 0.05) is 12.7 Å². The predicted molar refractivity (Wildman–Crippen MR) is 63.8 cm³/mol. The molecule has 0 saturated carbocycles. The highest BCUT2D eigenvalue weighted by atomic mass is 16.3. The Labute approximate surface area is 99.5 Å². The summed E-state index contributed by atoms with van der Waals surface area (Å²) < 4.78 is 6.95. The minimum atomic E-state index is -0.282. The van der Waals surface area contributed by atoms with Crippen LogP contribution >= 0.6 is 0 Å². The molecule has 2 aromatic heterocycles. The minimum absolute atomic E-state index is 0.282. The summed E-state index contributed by atoms with van der Waals surface area (Å²) in [6.45, 7) is 3.05. The largest absolute Gasteiger partial charge is 0.459 e. The monoisotopic (exact) mass is 233 g/mol. The van der Waals surface area contributed by atoms with Gasteiger partial charge in [0.15, 0.2) is 11.6 Å². The molecular formula is C12H15N3O2. The number of aryl methyl sites for hydroxylation is 1. The lowest BCUT2D eigenvalue weighted by molar-refractivity contribution is 0.0996. The second kappa shape index (κ2) is 5.34. The van der Waals surface area contributed by atoms with Gasteiger partial charge >= 0.3 is 0 Å². The molecule has 2 rings (SSSR count). The highest BCUT2D eigenvalue weighted by molar-refractivity contribution is 6.01. The molecule has 0 fully saturated rings. The average Bonchev–Trinajstić information content (AvgIpc) is 2.97. The summed E-state index contributed by atoms with van der Waals surface area (Å²) in [6, 6.07) is 3.29. The van der Waals surface area contributed by atoms with Crippen molar-refractivity contribution >= 4 is 11.7 Å². The molecule has 5 nitrogen and oxygen atoms in total. The number of anilines is 1. The number of nitrogens with one attached hydrogen (secondary N) is 1. The van der Waals surface area contributed by atoms with Crippen molar-refractivity contribution in [1.29, 1.82) is 0 Å². The first-order chi connectivity index (χ1) is 8.29. The van der Waals surface area contributed by atoms with Gasteiger partial charge in [-0.1, -0.05) is 13.3 Å². The maximum atomic E-state index is 11.6. The minimum Gasteiger partial charge on any atom is -0.459 e. The van der Waals surface area contributed by atoms with Gasteiger partial charge in [-0.15, -0.1) is 0 Å². The van der Waals surface area contributed by atoms with Gasteiger partial charge in [-0.3, -0.25) is 4.79 Å². The molecule has 2 aromatic rings. The molecule has 17 heavy (non-hydrogen) atoms. The number of amides is 1. The van der Waals surface area contributed by atoms with E-state index in [2.05, 4.69) is 17.2 Å². The highest BCUT2D eigenvalue weighted by Gasteiger charge is 2.09. The molecule has 0 bridgehead atoms. The first-order valence-corrected chi connectivity index (χ1v) is 5.66. The van der Waals surface area contributed by atoms with E-state index in [0.717, 1.165) is 19.4 Å². The van der Waals surface area contributed by atoms with Crippen molar-refractivity contribution in [2.45, 2.75) is 26.3 Å². The first kappa shape index (κ1) is 11.4. The molecule has 0 atom stereocenters. The van der Waals surface area contributed by atoms with Crippen molar-refractivity contribution in [3.05, 3.63) is 36.7 Å². The number of rotatable bonds is 5. The van der Waals surface area contributed by atoms with E-state index in [1.807, 2.05) is 10.8 Å². The van der Waals surface area contributed by atoms with Crippen LogP contribution in [-0.2, 0) is 6.54 Å². The molecule has 0 aromatic carbocycles. The molecule has 0 saturated heterocycles. The fourth-order valence-electron chi connectivity index (χ4n) is 1.47. The summed E-state index contributed by atoms with van der Waals surface area (Å²) in [5.41, 5.74) is 0. The van der Waals surface area contributed by atoms with Crippen LogP contribution in [0.1, 0.15) is 30.3 Å². The summed E-state index contributed by atoms with van der Waals surface area (Å²) in [7, 11) is 0. The van der Waals surface area contributed by atoms with E-state index in [4.69, 9.17) is 4.42 Å². The molecular weight excluding hydrogens is 218 g/mol. The Balaban J connectivity index is 1.95. The summed E-state index contributed by atoms with van der Waals surface area (Å²) in [4.78, 5) is 15.8. The number of hydrogen-bond donors (Lipinski definition) is 1. The van der Waals surface area contributed by atoms with Crippen LogP contribution in [0.4, 0.5) is 5.82 Å². The zero-order valence-electron chi connectivity index (χ0n) is 9.72. The van der Waals surface area contributed by atoms with Crippen LogP contribution in [0.25, 0.3) is 0 Å². The Morgan fingerprint density at radius 1 is 1.59 bits per heavy atom. The molecule has 0 aliphatic carbocycles. The average molecular weight is 233 g/mol. The van der Waals surface area contributed by atoms with Crippen molar-refractivity contribution in [2.75, 3.05) is 5.32 Å². The van der Waals surface area contributed by atoms with E-state index in [0.29, 0.717) is 5.82 Å². The first-order valence-electron chi connectivity index (χ1n) is 5.66. The molecule has 0 spiro atoms. The third-order valence-corrected chi connectivity index (χ3v) is 2.39. The van der Waals surface area contributed by atoms with Gasteiger partial charge < -0.3 is 14.3 Å². The normalized spacial score (nSPS) is 10.4. The second-order valence-electron chi connectivity index (χ2n) is 3.78. The lowest BCUT2D eigenvalue weighted by Gasteiger charge is -1.99. The molecule has 1 amide bonds. The van der Waals surface area contributed by atoms with Gasteiger partial charge in [0.2, 0.25) is 0 Å². The van der Waals surface area contributed by atoms with Crippen molar-refractivity contribution in [3.8, 4) is 0 Å². The number of furan rings is 1. The maximum absolute atomic E-state index is 11.6. The van der Waals surface area contributed by atoms with Crippen LogP contribution in [0, 0.1) is 0 Å². The van der Waals surface area contributed by atoms with E-state index in [1.165, 1.54) is 6.26 Å². The van der Waals surface area contributed by atoms with Crippen LogP contribution in [0.15, 0.2) is 35.3 Å². The summed E-state index contributed by atoms with van der Waals surface area (Å²) in [5.74, 6) is 0.548. The number of carbonyl (C=O) groups excluding carboxylic acids is 1. The lowest BCUT2D eigenvalue weighted by Crippen LogP contribution is -2.10. The van der Waals surface area contributed by atoms with Gasteiger partial charge in [-0.2, -0.15) is 0 Å². The number of imidazole rings is 1. The van der Waals surface area contributed by atoms with Crippen LogP contribution in [0.5, 0.6) is 0 Å². The second-order valence-corrected chi connectivity index (χ2v) is 3.78. The third-order valence-electron chi connectivity index (χ3n) is 2.39. The predicted octanol–water partition coefficient (Wildman–Crippen LogP) is 2.53. The van der Waals surface area contributed by atoms with Gasteiger partial charge in [0.25, 0.3) is 5.91 Å². The van der Waals surface area contributed by atoms with Crippen molar-refractivity contribution in [3.63, 3.8) is 0 Å². The third kappa shape index (κ3) is 2.96. The van der Waals surface area contributed by atoms with E-state index in [-0.39, 0.29) is 11.7 Å². The van der Waals surface area contributed by atoms with Crippen molar-refractivity contribution in [2.24, 2.45) is 0 Å². The van der Waals surface area contributed by atoms with Crippen LogP contribution in [-0.4, -0.2) is 15.5 Å². The van der Waals surface area contributed by atoms with Crippen LogP contribution in [0.3, 0.4) is 0 Å². The maximum Gasteiger partial charge on any atom is 0.292 e. The highest BCUT2D eigenvalue weighted by Crippen LogP contribution is 2.08. The number of aromatic nitrogens is 2. The number of carbonyl (C=O) groups is 1. The zero-order valence-corrected chi connectivity index (χ0v) is 9.72. The van der Waals surface area contributed by atoms with Crippen molar-refractivity contribution in [1.82, 2.24) is 9.55 Å². The van der Waals surface area contributed by atoms with E-state index < -0.39 is 0 Å². The standard InChI is InChI=1S/C12H15N3O2/c1-2-3-6-15-8-11(13-9-15)14-12(16)10-5-4-7-17-10/h4-5,7-9H,2-3,6H2,1H3,(H,14,16). The quantitative estimate of drug-likeness (QED) is 0.863. The van der Waals surface area contributed by atoms with Gasteiger partial charge in [-0.05, 0) is 18.6 Å². The van der Waals surface area contributed by atoms with Gasteiger partial charge in [0.1, 0.15) is 0 Å². The smallest absolute Gasteiger partial charge is 0.292 e. The van der Waals surface area contributed by atoms with Gasteiger partial charge in [-0.25, -0.2) is 4.98 Å². The molecule has 90 valence electrons. The van der Waals surface area contributed by atoms with E-state index in [9.17, 15) is 4.79 Å². The Bertz CT molecular complexity index is 474. The van der Waals surface area contributed by atoms with Crippen LogP contribution in [0.2, 0.25) is 0 Å². The molecule has 0 unspecified atom stereocenters. The Hall–Kier alpha value is -2.04. The fraction of sp³-hybridized carbons (Fsp3) is 0.333. The number of unbranched alkanes of at least 4 members (excludes halogenated alkanes) is 1. The molecule has 2 heterocycles. The SMILES string of the molecule is CCCCn1cnc(NC(=O)c2ccco2)c1. The summed E-state index contributed by atoms with van der Waals surface area (Å²) >= 11 is 0. The molecule has 0 aliphatic heterocycles. The van der Waals surface area contributed by atoms with Gasteiger partial charge in [0.05, 0.1) is 12.6 Å². The Kier molecular flexibility index (Phi) is 3.59. The molecule has 1 N–H and O–H groups in total. The Morgan fingerprint density at radius 3 is 3.18 bits per heavy atom. The molecule has 0 aliphatic rings. The molecule has 0 radical (unpaired) electrons. The Morgan fingerprint density at radius 2 is 2.47 bits per heavy atom. The van der Waals surface area contributed by atoms with E-state index >= 15 is 0 Å². The zero-order chi connectivity index (χ0) is 12.1. The van der Waals surface area contributed by atoms with Crippen molar-refractivity contribution < 1.29 is 9.21 Å².